The largest absolute Gasteiger partial charge is 0.502 e. The van der Waals surface area contributed by atoms with E-state index in [0.717, 1.165) is 18.0 Å². The van der Waals surface area contributed by atoms with E-state index < -0.39 is 22.4 Å². The number of nitro groups is 1. The molecular weight excluding hydrogens is 360 g/mol. The molecule has 0 saturated heterocycles. The van der Waals surface area contributed by atoms with Crippen molar-refractivity contribution in [3.8, 4) is 5.75 Å². The van der Waals surface area contributed by atoms with E-state index in [9.17, 15) is 20.0 Å². The van der Waals surface area contributed by atoms with Crippen molar-refractivity contribution in [3.05, 3.63) is 63.2 Å². The number of para-hydroxylation sites is 1. The standard InChI is InChI=1S/C17H17ClN4O4/c1-2-14(20-13-6-4-3-5-7-13)17(24)21-19-10-11-8-12(18)9-15(16(11)23)22(25)26/h3-10,14,20,23H,2H2,1H3,(H,21,24)/b19-10-/t14-/m0/s1. The fourth-order valence-electron chi connectivity index (χ4n) is 2.17. The van der Waals surface area contributed by atoms with Crippen LogP contribution in [0.25, 0.3) is 0 Å². The molecule has 1 atom stereocenters. The molecule has 9 heteroatoms. The van der Waals surface area contributed by atoms with Gasteiger partial charge in [-0.3, -0.25) is 14.9 Å². The summed E-state index contributed by atoms with van der Waals surface area (Å²) in [5.74, 6) is -0.963. The van der Waals surface area contributed by atoms with Crippen LogP contribution in [0.2, 0.25) is 5.02 Å². The lowest BCUT2D eigenvalue weighted by Crippen LogP contribution is -2.36. The maximum atomic E-state index is 12.2. The molecular formula is C17H17ClN4O4. The molecule has 2 rings (SSSR count). The third-order valence-corrected chi connectivity index (χ3v) is 3.72. The molecule has 8 nitrogen and oxygen atoms in total. The smallest absolute Gasteiger partial charge is 0.312 e. The van der Waals surface area contributed by atoms with Crippen LogP contribution in [-0.2, 0) is 4.79 Å². The summed E-state index contributed by atoms with van der Waals surface area (Å²) in [5, 5.41) is 27.7. The van der Waals surface area contributed by atoms with Crippen LogP contribution in [0, 0.1) is 10.1 Å². The number of hydrogen-bond donors (Lipinski definition) is 3. The number of nitrogens with one attached hydrogen (secondary N) is 2. The first-order valence-electron chi connectivity index (χ1n) is 7.73. The van der Waals surface area contributed by atoms with Crippen molar-refractivity contribution in [3.63, 3.8) is 0 Å². The molecule has 0 spiro atoms. The summed E-state index contributed by atoms with van der Waals surface area (Å²) in [4.78, 5) is 22.3. The van der Waals surface area contributed by atoms with E-state index in [4.69, 9.17) is 11.6 Å². The number of rotatable bonds is 7. The van der Waals surface area contributed by atoms with Gasteiger partial charge in [-0.1, -0.05) is 36.7 Å². The van der Waals surface area contributed by atoms with Crippen molar-refractivity contribution in [1.29, 1.82) is 0 Å². The minimum absolute atomic E-state index is 0.0218. The van der Waals surface area contributed by atoms with Crippen molar-refractivity contribution >= 4 is 35.1 Å². The second-order valence-electron chi connectivity index (χ2n) is 5.33. The zero-order valence-electron chi connectivity index (χ0n) is 13.8. The zero-order chi connectivity index (χ0) is 19.1. The van der Waals surface area contributed by atoms with E-state index >= 15 is 0 Å². The first-order valence-corrected chi connectivity index (χ1v) is 8.11. The normalized spacial score (nSPS) is 11.9. The Balaban J connectivity index is 2.07. The zero-order valence-corrected chi connectivity index (χ0v) is 14.6. The number of carbonyl (C=O) groups excluding carboxylic acids is 1. The average Bonchev–Trinajstić information content (AvgIpc) is 2.62. The number of nitrogens with zero attached hydrogens (tertiary/aromatic N) is 2. The van der Waals surface area contributed by atoms with Gasteiger partial charge in [-0.2, -0.15) is 5.10 Å². The highest BCUT2D eigenvalue weighted by molar-refractivity contribution is 6.31. The van der Waals surface area contributed by atoms with E-state index in [1.807, 2.05) is 37.3 Å². The number of hydrogen-bond acceptors (Lipinski definition) is 6. The van der Waals surface area contributed by atoms with Crippen LogP contribution in [0.15, 0.2) is 47.6 Å². The van der Waals surface area contributed by atoms with Crippen molar-refractivity contribution < 1.29 is 14.8 Å². The second kappa shape index (κ2) is 8.82. The van der Waals surface area contributed by atoms with E-state index in [0.29, 0.717) is 6.42 Å². The van der Waals surface area contributed by atoms with Crippen LogP contribution in [0.4, 0.5) is 11.4 Å². The average molecular weight is 377 g/mol. The Labute approximate surface area is 154 Å². The van der Waals surface area contributed by atoms with Crippen molar-refractivity contribution in [2.45, 2.75) is 19.4 Å². The molecule has 0 unspecified atom stereocenters. The van der Waals surface area contributed by atoms with Gasteiger partial charge in [-0.05, 0) is 24.6 Å². The summed E-state index contributed by atoms with van der Waals surface area (Å²) in [6, 6.07) is 11.1. The predicted octanol–water partition coefficient (Wildman–Crippen LogP) is 3.29. The summed E-state index contributed by atoms with van der Waals surface area (Å²) in [6.07, 6.45) is 1.62. The molecule has 3 N–H and O–H groups in total. The molecule has 0 aliphatic rings. The Hall–Kier alpha value is -3.13. The van der Waals surface area contributed by atoms with Gasteiger partial charge < -0.3 is 10.4 Å². The highest BCUT2D eigenvalue weighted by Crippen LogP contribution is 2.32. The van der Waals surface area contributed by atoms with Crippen LogP contribution >= 0.6 is 11.6 Å². The van der Waals surface area contributed by atoms with E-state index in [-0.39, 0.29) is 16.5 Å². The molecule has 2 aromatic rings. The third kappa shape index (κ3) is 4.93. The molecule has 0 bridgehead atoms. The Morgan fingerprint density at radius 3 is 2.69 bits per heavy atom. The monoisotopic (exact) mass is 376 g/mol. The lowest BCUT2D eigenvalue weighted by molar-refractivity contribution is -0.385. The molecule has 2 aromatic carbocycles. The number of anilines is 1. The van der Waals surface area contributed by atoms with Crippen molar-refractivity contribution in [1.82, 2.24) is 5.43 Å². The number of hydrazone groups is 1. The number of carbonyl (C=O) groups is 1. The Morgan fingerprint density at radius 2 is 2.08 bits per heavy atom. The Morgan fingerprint density at radius 1 is 1.38 bits per heavy atom. The SMILES string of the molecule is CC[C@H](Nc1ccccc1)C(=O)N/N=C\c1cc(Cl)cc([N+](=O)[O-])c1O. The van der Waals surface area contributed by atoms with Gasteiger partial charge in [0.2, 0.25) is 5.75 Å². The Bertz CT molecular complexity index is 827. The van der Waals surface area contributed by atoms with Crippen molar-refractivity contribution in [2.24, 2.45) is 5.10 Å². The topological polar surface area (TPSA) is 117 Å². The number of benzene rings is 2. The molecule has 0 aliphatic heterocycles. The predicted molar refractivity (Wildman–Crippen MR) is 99.7 cm³/mol. The Kier molecular flexibility index (Phi) is 6.51. The molecule has 136 valence electrons. The third-order valence-electron chi connectivity index (χ3n) is 3.50. The van der Waals surface area contributed by atoms with Gasteiger partial charge >= 0.3 is 5.69 Å². The lowest BCUT2D eigenvalue weighted by Gasteiger charge is -2.16. The van der Waals surface area contributed by atoms with Gasteiger partial charge in [-0.25, -0.2) is 5.43 Å². The van der Waals surface area contributed by atoms with E-state index in [2.05, 4.69) is 15.8 Å². The number of amides is 1. The van der Waals surface area contributed by atoms with Gasteiger partial charge in [0.05, 0.1) is 11.1 Å². The fraction of sp³-hybridized carbons (Fsp3) is 0.176. The highest BCUT2D eigenvalue weighted by atomic mass is 35.5. The molecule has 0 fully saturated rings. The number of phenolic OH excluding ortho intramolecular Hbond substituents is 1. The summed E-state index contributed by atoms with van der Waals surface area (Å²) >= 11 is 5.80. The molecule has 0 radical (unpaired) electrons. The summed E-state index contributed by atoms with van der Waals surface area (Å²) in [7, 11) is 0. The number of aromatic hydroxyl groups is 1. The molecule has 1 amide bonds. The maximum absolute atomic E-state index is 12.2. The van der Waals surface area contributed by atoms with Crippen LogP contribution in [0.3, 0.4) is 0 Å². The van der Waals surface area contributed by atoms with Gasteiger partial charge in [0.1, 0.15) is 6.04 Å². The fourth-order valence-corrected chi connectivity index (χ4v) is 2.40. The van der Waals surface area contributed by atoms with Crippen LogP contribution in [-0.4, -0.2) is 28.2 Å². The first kappa shape index (κ1) is 19.2. The first-order chi connectivity index (χ1) is 12.4. The van der Waals surface area contributed by atoms with Crippen LogP contribution < -0.4 is 10.7 Å². The number of halogens is 1. The van der Waals surface area contributed by atoms with Gasteiger partial charge in [0, 0.05) is 22.3 Å². The quantitative estimate of drug-likeness (QED) is 0.389. The number of nitro benzene ring substituents is 1. The van der Waals surface area contributed by atoms with Crippen LogP contribution in [0.1, 0.15) is 18.9 Å². The molecule has 0 saturated carbocycles. The summed E-state index contributed by atoms with van der Waals surface area (Å²) in [5.41, 5.74) is 2.62. The van der Waals surface area contributed by atoms with Gasteiger partial charge in [-0.15, -0.1) is 0 Å². The maximum Gasteiger partial charge on any atom is 0.312 e. The van der Waals surface area contributed by atoms with Crippen molar-refractivity contribution in [2.75, 3.05) is 5.32 Å². The summed E-state index contributed by atoms with van der Waals surface area (Å²) in [6.45, 7) is 1.84. The second-order valence-corrected chi connectivity index (χ2v) is 5.76. The van der Waals surface area contributed by atoms with E-state index in [1.54, 1.807) is 0 Å². The van der Waals surface area contributed by atoms with Gasteiger partial charge in [0.25, 0.3) is 5.91 Å². The van der Waals surface area contributed by atoms with E-state index in [1.165, 1.54) is 6.07 Å². The lowest BCUT2D eigenvalue weighted by atomic mass is 10.2. The molecule has 26 heavy (non-hydrogen) atoms. The molecule has 0 aliphatic carbocycles. The minimum Gasteiger partial charge on any atom is -0.502 e. The number of phenols is 1. The molecule has 0 heterocycles. The highest BCUT2D eigenvalue weighted by Gasteiger charge is 2.18. The summed E-state index contributed by atoms with van der Waals surface area (Å²) < 4.78 is 0. The molecule has 0 aromatic heterocycles. The minimum atomic E-state index is -0.756. The van der Waals surface area contributed by atoms with Crippen LogP contribution in [0.5, 0.6) is 5.75 Å². The van der Waals surface area contributed by atoms with Gasteiger partial charge in [0.15, 0.2) is 0 Å².